The molecule has 1 heterocycles. The van der Waals surface area contributed by atoms with Crippen LogP contribution in [0.15, 0.2) is 20.0 Å². The molecule has 21 heavy (non-hydrogen) atoms. The maximum absolute atomic E-state index is 12.4. The van der Waals surface area contributed by atoms with Crippen LogP contribution in [0, 0.1) is 11.8 Å². The van der Waals surface area contributed by atoms with Crippen LogP contribution in [0.2, 0.25) is 0 Å². The fraction of sp³-hybridized carbons (Fsp3) is 0.615. The lowest BCUT2D eigenvalue weighted by molar-refractivity contribution is 0.0661. The average molecular weight is 380 g/mol. The quantitative estimate of drug-likeness (QED) is 0.819. The Hall–Kier alpha value is -0.860. The zero-order chi connectivity index (χ0) is 15.8. The number of carboxylic acid groups (broad SMARTS) is 1. The van der Waals surface area contributed by atoms with E-state index in [2.05, 4.69) is 27.6 Å². The summed E-state index contributed by atoms with van der Waals surface area (Å²) in [6.45, 7) is 4.14. The molecule has 0 aliphatic heterocycles. The maximum Gasteiger partial charge on any atom is 0.371 e. The predicted octanol–water partition coefficient (Wildman–Crippen LogP) is 2.84. The first-order chi connectivity index (χ1) is 9.76. The summed E-state index contributed by atoms with van der Waals surface area (Å²) in [5.41, 5.74) is 0. The number of halogens is 1. The van der Waals surface area contributed by atoms with Crippen LogP contribution in [-0.2, 0) is 10.0 Å². The fourth-order valence-electron chi connectivity index (χ4n) is 2.89. The molecule has 2 rings (SSSR count). The number of carbonyl (C=O) groups is 1. The molecule has 2 N–H and O–H groups in total. The van der Waals surface area contributed by atoms with Gasteiger partial charge in [0, 0.05) is 12.1 Å². The van der Waals surface area contributed by atoms with Gasteiger partial charge in [-0.2, -0.15) is 0 Å². The van der Waals surface area contributed by atoms with Crippen LogP contribution in [0.1, 0.15) is 43.7 Å². The Morgan fingerprint density at radius 1 is 1.52 bits per heavy atom. The van der Waals surface area contributed by atoms with Gasteiger partial charge in [-0.15, -0.1) is 0 Å². The van der Waals surface area contributed by atoms with Crippen molar-refractivity contribution in [3.8, 4) is 0 Å². The van der Waals surface area contributed by atoms with Gasteiger partial charge in [-0.25, -0.2) is 17.9 Å². The third-order valence-corrected chi connectivity index (χ3v) is 6.56. The standard InChI is InChI=1S/C13H18BrNO5S/c1-3-8-4-5-9(7(8)2)15-21(18,19)11-6-10(13(16)17)20-12(11)14/h6-9,15H,3-5H2,1-2H3,(H,16,17). The first kappa shape index (κ1) is 16.5. The van der Waals surface area contributed by atoms with E-state index < -0.39 is 21.8 Å². The van der Waals surface area contributed by atoms with Crippen molar-refractivity contribution in [2.75, 3.05) is 0 Å². The molecule has 0 bridgehead atoms. The summed E-state index contributed by atoms with van der Waals surface area (Å²) >= 11 is 2.96. The van der Waals surface area contributed by atoms with E-state index in [1.54, 1.807) is 0 Å². The van der Waals surface area contributed by atoms with Gasteiger partial charge in [-0.05, 0) is 40.6 Å². The molecule has 6 nitrogen and oxygen atoms in total. The SMILES string of the molecule is CCC1CCC(NS(=O)(=O)c2cc(C(=O)O)oc2Br)C1C. The minimum Gasteiger partial charge on any atom is -0.475 e. The molecule has 1 aliphatic carbocycles. The van der Waals surface area contributed by atoms with Crippen LogP contribution in [0.3, 0.4) is 0 Å². The highest BCUT2D eigenvalue weighted by molar-refractivity contribution is 9.10. The first-order valence-electron chi connectivity index (χ1n) is 6.81. The van der Waals surface area contributed by atoms with Crippen molar-refractivity contribution in [2.24, 2.45) is 11.8 Å². The Kier molecular flexibility index (Phi) is 4.79. The number of rotatable bonds is 5. The Labute approximate surface area is 132 Å². The van der Waals surface area contributed by atoms with Gasteiger partial charge < -0.3 is 9.52 Å². The summed E-state index contributed by atoms with van der Waals surface area (Å²) in [6, 6.07) is 0.890. The number of hydrogen-bond donors (Lipinski definition) is 2. The van der Waals surface area contributed by atoms with E-state index in [1.807, 2.05) is 6.92 Å². The molecule has 0 radical (unpaired) electrons. The van der Waals surface area contributed by atoms with E-state index in [-0.39, 0.29) is 21.5 Å². The van der Waals surface area contributed by atoms with Gasteiger partial charge in [0.2, 0.25) is 15.8 Å². The number of hydrogen-bond acceptors (Lipinski definition) is 4. The summed E-state index contributed by atoms with van der Waals surface area (Å²) in [6.07, 6.45) is 2.82. The normalized spacial score (nSPS) is 26.1. The second-order valence-electron chi connectivity index (χ2n) is 5.39. The zero-order valence-corrected chi connectivity index (χ0v) is 14.2. The third-order valence-electron chi connectivity index (χ3n) is 4.21. The van der Waals surface area contributed by atoms with Crippen molar-refractivity contribution >= 4 is 31.9 Å². The number of carboxylic acids is 1. The van der Waals surface area contributed by atoms with Gasteiger partial charge in [-0.1, -0.05) is 20.3 Å². The lowest BCUT2D eigenvalue weighted by atomic mass is 9.94. The van der Waals surface area contributed by atoms with Crippen LogP contribution < -0.4 is 4.72 Å². The summed E-state index contributed by atoms with van der Waals surface area (Å²) in [7, 11) is -3.81. The smallest absolute Gasteiger partial charge is 0.371 e. The molecule has 1 aliphatic rings. The van der Waals surface area contributed by atoms with Gasteiger partial charge in [0.15, 0.2) is 4.67 Å². The molecule has 0 saturated heterocycles. The fourth-order valence-corrected chi connectivity index (χ4v) is 5.19. The van der Waals surface area contributed by atoms with Gasteiger partial charge in [0.05, 0.1) is 0 Å². The Balaban J connectivity index is 2.21. The number of furan rings is 1. The third kappa shape index (κ3) is 3.32. The van der Waals surface area contributed by atoms with E-state index in [0.717, 1.165) is 25.3 Å². The predicted molar refractivity (Wildman–Crippen MR) is 79.7 cm³/mol. The number of nitrogens with one attached hydrogen (secondary N) is 1. The molecule has 1 fully saturated rings. The van der Waals surface area contributed by atoms with Crippen LogP contribution in [0.25, 0.3) is 0 Å². The minimum absolute atomic E-state index is 0.0925. The highest BCUT2D eigenvalue weighted by Crippen LogP contribution is 2.35. The second kappa shape index (κ2) is 6.10. The zero-order valence-electron chi connectivity index (χ0n) is 11.8. The van der Waals surface area contributed by atoms with E-state index in [1.165, 1.54) is 0 Å². The number of sulfonamides is 1. The second-order valence-corrected chi connectivity index (χ2v) is 7.79. The molecule has 0 spiro atoms. The Morgan fingerprint density at radius 2 is 2.19 bits per heavy atom. The molecule has 3 unspecified atom stereocenters. The molecule has 118 valence electrons. The van der Waals surface area contributed by atoms with Gasteiger partial charge >= 0.3 is 5.97 Å². The van der Waals surface area contributed by atoms with E-state index >= 15 is 0 Å². The molecule has 3 atom stereocenters. The summed E-state index contributed by atoms with van der Waals surface area (Å²) < 4.78 is 32.3. The summed E-state index contributed by atoms with van der Waals surface area (Å²) in [4.78, 5) is 10.7. The summed E-state index contributed by atoms with van der Waals surface area (Å²) in [5.74, 6) is -0.944. The highest BCUT2D eigenvalue weighted by atomic mass is 79.9. The Morgan fingerprint density at radius 3 is 2.67 bits per heavy atom. The van der Waals surface area contributed by atoms with Crippen molar-refractivity contribution in [2.45, 2.75) is 44.0 Å². The topological polar surface area (TPSA) is 96.6 Å². The largest absolute Gasteiger partial charge is 0.475 e. The molecule has 1 aromatic rings. The van der Waals surface area contributed by atoms with E-state index in [4.69, 9.17) is 9.52 Å². The monoisotopic (exact) mass is 379 g/mol. The van der Waals surface area contributed by atoms with Crippen molar-refractivity contribution in [3.63, 3.8) is 0 Å². The minimum atomic E-state index is -3.81. The van der Waals surface area contributed by atoms with Crippen LogP contribution in [0.4, 0.5) is 0 Å². The molecule has 0 amide bonds. The van der Waals surface area contributed by atoms with Crippen molar-refractivity contribution in [1.82, 2.24) is 4.72 Å². The van der Waals surface area contributed by atoms with Crippen LogP contribution in [0.5, 0.6) is 0 Å². The molecule has 1 aromatic heterocycles. The van der Waals surface area contributed by atoms with Gasteiger partial charge in [0.1, 0.15) is 4.90 Å². The van der Waals surface area contributed by atoms with E-state index in [9.17, 15) is 13.2 Å². The molecule has 1 saturated carbocycles. The Bertz CT molecular complexity index is 639. The lowest BCUT2D eigenvalue weighted by Crippen LogP contribution is -2.37. The molecule has 8 heteroatoms. The van der Waals surface area contributed by atoms with Gasteiger partial charge in [0.25, 0.3) is 0 Å². The average Bonchev–Trinajstić information content (AvgIpc) is 2.94. The van der Waals surface area contributed by atoms with Gasteiger partial charge in [-0.3, -0.25) is 0 Å². The molecule has 0 aromatic carbocycles. The number of aromatic carboxylic acids is 1. The van der Waals surface area contributed by atoms with Crippen molar-refractivity contribution in [3.05, 3.63) is 16.5 Å². The van der Waals surface area contributed by atoms with E-state index in [0.29, 0.717) is 5.92 Å². The van der Waals surface area contributed by atoms with Crippen LogP contribution >= 0.6 is 15.9 Å². The first-order valence-corrected chi connectivity index (χ1v) is 9.08. The maximum atomic E-state index is 12.4. The summed E-state index contributed by atoms with van der Waals surface area (Å²) in [5, 5.41) is 8.85. The lowest BCUT2D eigenvalue weighted by Gasteiger charge is -2.20. The van der Waals surface area contributed by atoms with Crippen molar-refractivity contribution < 1.29 is 22.7 Å². The van der Waals surface area contributed by atoms with Crippen molar-refractivity contribution in [1.29, 1.82) is 0 Å². The van der Waals surface area contributed by atoms with Crippen LogP contribution in [-0.4, -0.2) is 25.5 Å². The molecular formula is C13H18BrNO5S. The molecular weight excluding hydrogens is 362 g/mol. The highest BCUT2D eigenvalue weighted by Gasteiger charge is 2.35.